The van der Waals surface area contributed by atoms with Gasteiger partial charge in [0.05, 0.1) is 0 Å². The van der Waals surface area contributed by atoms with Crippen molar-refractivity contribution in [1.82, 2.24) is 0 Å². The first kappa shape index (κ1) is 16.1. The van der Waals surface area contributed by atoms with Crippen molar-refractivity contribution in [1.29, 1.82) is 0 Å². The SMILES string of the molecule is P.P.[CH3][Ge][CH3]. The molecule has 5 heavy (non-hydrogen) atoms. The molecule has 0 amide bonds. The molecule has 0 nitrogen and oxygen atoms in total. The maximum absolute atomic E-state index is 2.25. The first-order chi connectivity index (χ1) is 1.41. The van der Waals surface area contributed by atoms with Gasteiger partial charge in [0, 0.05) is 0 Å². The van der Waals surface area contributed by atoms with E-state index in [1.54, 1.807) is 0 Å². The molecule has 0 fully saturated rings. The average Bonchev–Trinajstić information content (AvgIpc) is 0.918. The Hall–Kier alpha value is 1.40. The van der Waals surface area contributed by atoms with Gasteiger partial charge in [0.15, 0.2) is 0 Å². The predicted molar refractivity (Wildman–Crippen MR) is 39.7 cm³/mol. The van der Waals surface area contributed by atoms with Crippen molar-refractivity contribution in [2.75, 3.05) is 0 Å². The van der Waals surface area contributed by atoms with Gasteiger partial charge in [0.2, 0.25) is 0 Å². The van der Waals surface area contributed by atoms with E-state index in [0.29, 0.717) is 15.4 Å². The summed E-state index contributed by atoms with van der Waals surface area (Å²) in [6, 6.07) is 0. The van der Waals surface area contributed by atoms with Gasteiger partial charge in [-0.1, -0.05) is 0 Å². The van der Waals surface area contributed by atoms with Gasteiger partial charge in [0.25, 0.3) is 0 Å². The van der Waals surface area contributed by atoms with Crippen LogP contribution < -0.4 is 0 Å². The summed E-state index contributed by atoms with van der Waals surface area (Å²) in [5.74, 6) is 4.50. The second-order valence-corrected chi connectivity index (χ2v) is 2.60. The fraction of sp³-hybridized carbons (Fsp3) is 1.00. The summed E-state index contributed by atoms with van der Waals surface area (Å²) in [5, 5.41) is 0. The molecular weight excluding hydrogens is 159 g/mol. The molecule has 0 bridgehead atoms. The van der Waals surface area contributed by atoms with Crippen molar-refractivity contribution < 1.29 is 0 Å². The molecule has 2 unspecified atom stereocenters. The van der Waals surface area contributed by atoms with Gasteiger partial charge in [-0.05, 0) is 0 Å². The fourth-order valence-electron chi connectivity index (χ4n) is 0. The molecule has 0 saturated carbocycles. The molecular formula is C2H12GeP2. The van der Waals surface area contributed by atoms with Crippen molar-refractivity contribution in [3.63, 3.8) is 0 Å². The van der Waals surface area contributed by atoms with E-state index >= 15 is 0 Å². The van der Waals surface area contributed by atoms with Crippen LogP contribution in [-0.2, 0) is 0 Å². The van der Waals surface area contributed by atoms with Crippen LogP contribution in [-0.4, -0.2) is 15.4 Å². The molecule has 0 N–H and O–H groups in total. The van der Waals surface area contributed by atoms with Gasteiger partial charge in [-0.15, -0.1) is 0 Å². The van der Waals surface area contributed by atoms with Crippen LogP contribution >= 0.6 is 19.8 Å². The van der Waals surface area contributed by atoms with Crippen molar-refractivity contribution in [3.8, 4) is 0 Å². The van der Waals surface area contributed by atoms with Gasteiger partial charge in [-0.2, -0.15) is 19.8 Å². The van der Waals surface area contributed by atoms with E-state index in [9.17, 15) is 0 Å². The van der Waals surface area contributed by atoms with Gasteiger partial charge in [-0.3, -0.25) is 0 Å². The standard InChI is InChI=1S/C2H6Ge.2H3P/c1-3-2;;/h1-2H3;2*1H3. The Bertz CT molecular complexity index is 7.61. The van der Waals surface area contributed by atoms with Gasteiger partial charge < -0.3 is 0 Å². The number of rotatable bonds is 0. The summed E-state index contributed by atoms with van der Waals surface area (Å²) in [4.78, 5) is 0. The van der Waals surface area contributed by atoms with E-state index < -0.39 is 0 Å². The monoisotopic (exact) mass is 172 g/mol. The molecule has 0 saturated heterocycles. The quantitative estimate of drug-likeness (QED) is 0.375. The van der Waals surface area contributed by atoms with E-state index in [-0.39, 0.29) is 19.8 Å². The molecule has 0 aliphatic heterocycles. The Morgan fingerprint density at radius 3 is 1.00 bits per heavy atom. The predicted octanol–water partition coefficient (Wildman–Crippen LogP) is 0.903. The molecule has 34 valence electrons. The van der Waals surface area contributed by atoms with Crippen LogP contribution in [0.5, 0.6) is 0 Å². The van der Waals surface area contributed by atoms with Crippen LogP contribution in [0.2, 0.25) is 11.5 Å². The second-order valence-electron chi connectivity index (χ2n) is 0.500. The van der Waals surface area contributed by atoms with Crippen molar-refractivity contribution in [2.45, 2.75) is 11.5 Å². The van der Waals surface area contributed by atoms with Crippen LogP contribution in [0.25, 0.3) is 0 Å². The summed E-state index contributed by atoms with van der Waals surface area (Å²) in [6.45, 7) is 0. The van der Waals surface area contributed by atoms with Gasteiger partial charge >= 0.3 is 26.9 Å². The minimum absolute atomic E-state index is 0. The van der Waals surface area contributed by atoms with E-state index in [1.165, 1.54) is 0 Å². The minimum atomic E-state index is 0. The molecule has 0 aromatic carbocycles. The molecule has 3 heteroatoms. The third kappa shape index (κ3) is 31.8. The molecule has 2 atom stereocenters. The molecule has 0 heterocycles. The van der Waals surface area contributed by atoms with Gasteiger partial charge in [-0.25, -0.2) is 0 Å². The third-order valence-corrected chi connectivity index (χ3v) is 0. The van der Waals surface area contributed by atoms with Gasteiger partial charge in [0.1, 0.15) is 0 Å². The molecule has 0 aromatic heterocycles. The summed E-state index contributed by atoms with van der Waals surface area (Å²) >= 11 is 0.500. The molecule has 0 aliphatic carbocycles. The molecule has 0 aliphatic rings. The third-order valence-electron chi connectivity index (χ3n) is 0. The molecule has 0 spiro atoms. The summed E-state index contributed by atoms with van der Waals surface area (Å²) in [7, 11) is 0. The Morgan fingerprint density at radius 1 is 1.00 bits per heavy atom. The van der Waals surface area contributed by atoms with E-state index in [1.807, 2.05) is 0 Å². The zero-order valence-electron chi connectivity index (χ0n) is 3.91. The van der Waals surface area contributed by atoms with Crippen molar-refractivity contribution in [3.05, 3.63) is 0 Å². The van der Waals surface area contributed by atoms with Crippen LogP contribution in [0.3, 0.4) is 0 Å². The van der Waals surface area contributed by atoms with E-state index in [4.69, 9.17) is 0 Å². The molecule has 2 radical (unpaired) electrons. The fourth-order valence-corrected chi connectivity index (χ4v) is 0. The topological polar surface area (TPSA) is 0 Å². The van der Waals surface area contributed by atoms with Crippen molar-refractivity contribution >= 4 is 35.2 Å². The first-order valence-corrected chi connectivity index (χ1v) is 5.20. The Labute approximate surface area is 47.2 Å². The van der Waals surface area contributed by atoms with Crippen LogP contribution in [0.1, 0.15) is 0 Å². The Morgan fingerprint density at radius 2 is 1.00 bits per heavy atom. The Balaban J connectivity index is -0.0000000200. The second kappa shape index (κ2) is 18.1. The van der Waals surface area contributed by atoms with E-state index in [0.717, 1.165) is 0 Å². The maximum atomic E-state index is 2.25. The van der Waals surface area contributed by atoms with Crippen LogP contribution in [0.4, 0.5) is 0 Å². The van der Waals surface area contributed by atoms with Crippen LogP contribution in [0.15, 0.2) is 0 Å². The summed E-state index contributed by atoms with van der Waals surface area (Å²) in [5.41, 5.74) is 0. The van der Waals surface area contributed by atoms with Crippen molar-refractivity contribution in [2.24, 2.45) is 0 Å². The van der Waals surface area contributed by atoms with Crippen LogP contribution in [0, 0.1) is 0 Å². The number of hydrogen-bond donors (Lipinski definition) is 0. The average molecular weight is 171 g/mol. The zero-order chi connectivity index (χ0) is 2.71. The summed E-state index contributed by atoms with van der Waals surface area (Å²) in [6.07, 6.45) is 0. The zero-order valence-corrected chi connectivity index (χ0v) is 8.84. The molecule has 0 rings (SSSR count). The first-order valence-electron chi connectivity index (χ1n) is 1.00. The molecule has 0 aromatic rings. The summed E-state index contributed by atoms with van der Waals surface area (Å²) < 4.78 is 0. The number of hydrogen-bond acceptors (Lipinski definition) is 0. The Kier molecular flexibility index (Phi) is 58.6. The normalized spacial score (nSPS) is 3.60. The van der Waals surface area contributed by atoms with E-state index in [2.05, 4.69) is 11.5 Å².